The van der Waals surface area contributed by atoms with E-state index in [2.05, 4.69) is 9.88 Å². The van der Waals surface area contributed by atoms with Gasteiger partial charge in [0, 0.05) is 31.0 Å². The second-order valence-electron chi connectivity index (χ2n) is 3.68. The number of aliphatic hydroxyl groups excluding tert-OH is 1. The lowest BCUT2D eigenvalue weighted by Crippen LogP contribution is -2.44. The first-order chi connectivity index (χ1) is 7.83. The van der Waals surface area contributed by atoms with E-state index in [1.165, 1.54) is 0 Å². The monoisotopic (exact) mass is 224 g/mol. The molecule has 1 N–H and O–H groups in total. The van der Waals surface area contributed by atoms with Crippen LogP contribution in [0.4, 0.5) is 5.69 Å². The average molecular weight is 224 g/mol. The van der Waals surface area contributed by atoms with E-state index in [9.17, 15) is 0 Å². The maximum atomic E-state index is 9.07. The molecular formula is C11H16N2O3. The Morgan fingerprint density at radius 1 is 1.69 bits per heavy atom. The van der Waals surface area contributed by atoms with Crippen molar-refractivity contribution in [2.24, 2.45) is 0 Å². The van der Waals surface area contributed by atoms with E-state index in [0.717, 1.165) is 12.2 Å². The molecule has 1 fully saturated rings. The lowest BCUT2D eigenvalue weighted by molar-refractivity contribution is 0.00355. The summed E-state index contributed by atoms with van der Waals surface area (Å²) in [4.78, 5) is 6.22. The lowest BCUT2D eigenvalue weighted by atomic mass is 10.2. The minimum Gasteiger partial charge on any atom is -0.481 e. The summed E-state index contributed by atoms with van der Waals surface area (Å²) in [7, 11) is 1.60. The van der Waals surface area contributed by atoms with Gasteiger partial charge in [0.2, 0.25) is 5.88 Å². The van der Waals surface area contributed by atoms with E-state index in [4.69, 9.17) is 14.6 Å². The Morgan fingerprint density at radius 2 is 2.56 bits per heavy atom. The maximum Gasteiger partial charge on any atom is 0.214 e. The number of morpholine rings is 1. The molecule has 1 atom stereocenters. The first-order valence-electron chi connectivity index (χ1n) is 5.31. The standard InChI is InChI=1S/C11H16N2O3/c1-15-11-6-9(2-3-12-11)13-4-5-16-10(7-13)8-14/h2-3,6,10,14H,4-5,7-8H2,1H3. The smallest absolute Gasteiger partial charge is 0.214 e. The van der Waals surface area contributed by atoms with E-state index >= 15 is 0 Å². The number of rotatable bonds is 3. The number of hydrogen-bond acceptors (Lipinski definition) is 5. The van der Waals surface area contributed by atoms with Gasteiger partial charge >= 0.3 is 0 Å². The fourth-order valence-electron chi connectivity index (χ4n) is 1.77. The van der Waals surface area contributed by atoms with E-state index < -0.39 is 0 Å². The molecule has 1 saturated heterocycles. The Morgan fingerprint density at radius 3 is 3.31 bits per heavy atom. The summed E-state index contributed by atoms with van der Waals surface area (Å²) in [5.41, 5.74) is 1.05. The van der Waals surface area contributed by atoms with Crippen molar-refractivity contribution >= 4 is 5.69 Å². The van der Waals surface area contributed by atoms with Gasteiger partial charge in [0.25, 0.3) is 0 Å². The normalized spacial score (nSPS) is 20.9. The Balaban J connectivity index is 2.10. The van der Waals surface area contributed by atoms with Crippen molar-refractivity contribution in [3.05, 3.63) is 18.3 Å². The van der Waals surface area contributed by atoms with Gasteiger partial charge in [-0.25, -0.2) is 4.98 Å². The van der Waals surface area contributed by atoms with Crippen molar-refractivity contribution in [1.29, 1.82) is 0 Å². The van der Waals surface area contributed by atoms with Gasteiger partial charge in [-0.3, -0.25) is 0 Å². The fraction of sp³-hybridized carbons (Fsp3) is 0.545. The van der Waals surface area contributed by atoms with Crippen LogP contribution >= 0.6 is 0 Å². The lowest BCUT2D eigenvalue weighted by Gasteiger charge is -2.33. The molecule has 0 radical (unpaired) electrons. The Hall–Kier alpha value is -1.33. The third-order valence-corrected chi connectivity index (χ3v) is 2.64. The Kier molecular flexibility index (Phi) is 3.58. The van der Waals surface area contributed by atoms with Crippen LogP contribution in [-0.4, -0.2) is 49.6 Å². The molecule has 1 aromatic rings. The number of aliphatic hydroxyl groups is 1. The SMILES string of the molecule is COc1cc(N2CCOC(CO)C2)ccn1. The number of anilines is 1. The molecule has 88 valence electrons. The van der Waals surface area contributed by atoms with E-state index in [1.54, 1.807) is 13.3 Å². The molecule has 0 bridgehead atoms. The van der Waals surface area contributed by atoms with E-state index in [-0.39, 0.29) is 12.7 Å². The third-order valence-electron chi connectivity index (χ3n) is 2.64. The van der Waals surface area contributed by atoms with E-state index in [0.29, 0.717) is 19.0 Å². The molecule has 1 aliphatic heterocycles. The van der Waals surface area contributed by atoms with Crippen LogP contribution in [0.2, 0.25) is 0 Å². The van der Waals surface area contributed by atoms with Gasteiger partial charge < -0.3 is 19.5 Å². The molecule has 1 unspecified atom stereocenters. The van der Waals surface area contributed by atoms with Crippen LogP contribution in [0.25, 0.3) is 0 Å². The summed E-state index contributed by atoms with van der Waals surface area (Å²) < 4.78 is 10.5. The highest BCUT2D eigenvalue weighted by Gasteiger charge is 2.20. The van der Waals surface area contributed by atoms with Crippen molar-refractivity contribution in [3.63, 3.8) is 0 Å². The predicted octanol–water partition coefficient (Wildman–Crippen LogP) is 0.288. The van der Waals surface area contributed by atoms with Crippen molar-refractivity contribution in [3.8, 4) is 5.88 Å². The third kappa shape index (κ3) is 2.43. The molecule has 0 spiro atoms. The molecular weight excluding hydrogens is 208 g/mol. The van der Waals surface area contributed by atoms with Gasteiger partial charge in [-0.15, -0.1) is 0 Å². The number of pyridine rings is 1. The number of methoxy groups -OCH3 is 1. The van der Waals surface area contributed by atoms with Crippen molar-refractivity contribution in [2.45, 2.75) is 6.10 Å². The quantitative estimate of drug-likeness (QED) is 0.799. The highest BCUT2D eigenvalue weighted by atomic mass is 16.5. The second-order valence-corrected chi connectivity index (χ2v) is 3.68. The molecule has 2 rings (SSSR count). The van der Waals surface area contributed by atoms with Gasteiger partial charge in [-0.2, -0.15) is 0 Å². The summed E-state index contributed by atoms with van der Waals surface area (Å²) in [6.07, 6.45) is 1.62. The number of ether oxygens (including phenoxy) is 2. The van der Waals surface area contributed by atoms with Gasteiger partial charge in [0.15, 0.2) is 0 Å². The molecule has 5 heteroatoms. The fourth-order valence-corrected chi connectivity index (χ4v) is 1.77. The molecule has 0 aromatic carbocycles. The molecule has 0 amide bonds. The van der Waals surface area contributed by atoms with Crippen LogP contribution in [0.5, 0.6) is 5.88 Å². The molecule has 5 nitrogen and oxygen atoms in total. The Bertz CT molecular complexity index is 346. The van der Waals surface area contributed by atoms with Crippen molar-refractivity contribution < 1.29 is 14.6 Å². The summed E-state index contributed by atoms with van der Waals surface area (Å²) in [5, 5.41) is 9.07. The molecule has 1 aromatic heterocycles. The van der Waals surface area contributed by atoms with Crippen LogP contribution in [-0.2, 0) is 4.74 Å². The van der Waals surface area contributed by atoms with Crippen LogP contribution in [0.15, 0.2) is 18.3 Å². The van der Waals surface area contributed by atoms with E-state index in [1.807, 2.05) is 12.1 Å². The topological polar surface area (TPSA) is 54.8 Å². The average Bonchev–Trinajstić information content (AvgIpc) is 2.39. The predicted molar refractivity (Wildman–Crippen MR) is 59.8 cm³/mol. The zero-order valence-corrected chi connectivity index (χ0v) is 9.30. The molecule has 0 saturated carbocycles. The first kappa shape index (κ1) is 11.2. The second kappa shape index (κ2) is 5.14. The zero-order chi connectivity index (χ0) is 11.4. The summed E-state index contributed by atoms with van der Waals surface area (Å²) in [5.74, 6) is 0.601. The first-order valence-corrected chi connectivity index (χ1v) is 5.31. The molecule has 16 heavy (non-hydrogen) atoms. The van der Waals surface area contributed by atoms with Gasteiger partial charge in [0.05, 0.1) is 26.4 Å². The van der Waals surface area contributed by atoms with Crippen molar-refractivity contribution in [1.82, 2.24) is 4.98 Å². The van der Waals surface area contributed by atoms with Crippen LogP contribution in [0.1, 0.15) is 0 Å². The van der Waals surface area contributed by atoms with Crippen LogP contribution in [0, 0.1) is 0 Å². The van der Waals surface area contributed by atoms with Gasteiger partial charge in [0.1, 0.15) is 0 Å². The van der Waals surface area contributed by atoms with Gasteiger partial charge in [-0.05, 0) is 6.07 Å². The zero-order valence-electron chi connectivity index (χ0n) is 9.30. The molecule has 0 aliphatic carbocycles. The minimum atomic E-state index is -0.104. The number of hydrogen-bond donors (Lipinski definition) is 1. The summed E-state index contributed by atoms with van der Waals surface area (Å²) >= 11 is 0. The molecule has 1 aliphatic rings. The summed E-state index contributed by atoms with van der Waals surface area (Å²) in [6.45, 7) is 2.21. The number of nitrogens with zero attached hydrogens (tertiary/aromatic N) is 2. The van der Waals surface area contributed by atoms with Gasteiger partial charge in [-0.1, -0.05) is 0 Å². The molecule has 2 heterocycles. The Labute approximate surface area is 94.6 Å². The van der Waals surface area contributed by atoms with Crippen LogP contribution in [0.3, 0.4) is 0 Å². The van der Waals surface area contributed by atoms with Crippen molar-refractivity contribution in [2.75, 3.05) is 38.3 Å². The minimum absolute atomic E-state index is 0.0543. The van der Waals surface area contributed by atoms with Crippen LogP contribution < -0.4 is 9.64 Å². The maximum absolute atomic E-state index is 9.07. The highest BCUT2D eigenvalue weighted by Crippen LogP contribution is 2.20. The largest absolute Gasteiger partial charge is 0.481 e. The highest BCUT2D eigenvalue weighted by molar-refractivity contribution is 5.48. The number of aromatic nitrogens is 1. The summed E-state index contributed by atoms with van der Waals surface area (Å²) in [6, 6.07) is 3.82.